The molecule has 0 bridgehead atoms. The zero-order valence-electron chi connectivity index (χ0n) is 11.1. The summed E-state index contributed by atoms with van der Waals surface area (Å²) in [6.45, 7) is 3.79. The van der Waals surface area contributed by atoms with Gasteiger partial charge in [0.1, 0.15) is 0 Å². The fourth-order valence-corrected chi connectivity index (χ4v) is 2.43. The summed E-state index contributed by atoms with van der Waals surface area (Å²) in [7, 11) is 1.88. The van der Waals surface area contributed by atoms with E-state index in [1.165, 1.54) is 17.3 Å². The maximum absolute atomic E-state index is 11.1. The van der Waals surface area contributed by atoms with Crippen molar-refractivity contribution in [2.24, 2.45) is 12.8 Å². The highest BCUT2D eigenvalue weighted by atomic mass is 32.2. The smallest absolute Gasteiger partial charge is 0.230 e. The van der Waals surface area contributed by atoms with E-state index in [-0.39, 0.29) is 11.2 Å². The molecular weight excluding hydrogens is 260 g/mol. The van der Waals surface area contributed by atoms with Crippen molar-refractivity contribution >= 4 is 17.7 Å². The predicted octanol–water partition coefficient (Wildman–Crippen LogP) is 1.76. The van der Waals surface area contributed by atoms with E-state index >= 15 is 0 Å². The van der Waals surface area contributed by atoms with Gasteiger partial charge < -0.3 is 10.3 Å². The number of rotatable bonds is 4. The highest BCUT2D eigenvalue weighted by Crippen LogP contribution is 2.25. The summed E-state index contributed by atoms with van der Waals surface area (Å²) in [5.74, 6) is 0.424. The maximum Gasteiger partial charge on any atom is 0.230 e. The number of aromatic nitrogens is 3. The fourth-order valence-electron chi connectivity index (χ4n) is 1.67. The lowest BCUT2D eigenvalue weighted by molar-refractivity contribution is -0.117. The van der Waals surface area contributed by atoms with E-state index in [4.69, 9.17) is 5.73 Å². The van der Waals surface area contributed by atoms with E-state index in [1.807, 2.05) is 36.7 Å². The van der Waals surface area contributed by atoms with Crippen LogP contribution >= 0.6 is 11.8 Å². The number of carbonyl (C=O) groups is 1. The molecule has 1 aromatic carbocycles. The average Bonchev–Trinajstić information content (AvgIpc) is 2.71. The van der Waals surface area contributed by atoms with Gasteiger partial charge in [-0.25, -0.2) is 0 Å². The van der Waals surface area contributed by atoms with Gasteiger partial charge >= 0.3 is 0 Å². The van der Waals surface area contributed by atoms with Gasteiger partial charge in [-0.05, 0) is 19.9 Å². The summed E-state index contributed by atoms with van der Waals surface area (Å²) in [6.07, 6.45) is 0. The Morgan fingerprint density at radius 3 is 2.79 bits per heavy atom. The molecule has 0 fully saturated rings. The lowest BCUT2D eigenvalue weighted by atomic mass is 10.1. The van der Waals surface area contributed by atoms with Gasteiger partial charge in [-0.1, -0.05) is 35.5 Å². The summed E-state index contributed by atoms with van der Waals surface area (Å²) in [6, 6.07) is 8.06. The quantitative estimate of drug-likeness (QED) is 0.863. The highest BCUT2D eigenvalue weighted by molar-refractivity contribution is 8.00. The summed E-state index contributed by atoms with van der Waals surface area (Å²) >= 11 is 1.31. The second-order valence-corrected chi connectivity index (χ2v) is 5.71. The van der Waals surface area contributed by atoms with Crippen molar-refractivity contribution in [3.63, 3.8) is 0 Å². The van der Waals surface area contributed by atoms with Gasteiger partial charge in [0.2, 0.25) is 5.91 Å². The Kier molecular flexibility index (Phi) is 3.90. The Morgan fingerprint density at radius 1 is 1.42 bits per heavy atom. The first-order valence-corrected chi connectivity index (χ1v) is 6.79. The van der Waals surface area contributed by atoms with Crippen molar-refractivity contribution in [2.75, 3.05) is 0 Å². The van der Waals surface area contributed by atoms with Gasteiger partial charge in [-0.2, -0.15) is 0 Å². The second-order valence-electron chi connectivity index (χ2n) is 4.40. The number of nitrogens with two attached hydrogens (primary N) is 1. The van der Waals surface area contributed by atoms with Crippen molar-refractivity contribution < 1.29 is 4.79 Å². The zero-order valence-corrected chi connectivity index (χ0v) is 11.9. The molecular formula is C13H16N4OS. The molecule has 0 spiro atoms. The predicted molar refractivity (Wildman–Crippen MR) is 75.7 cm³/mol. The van der Waals surface area contributed by atoms with Crippen molar-refractivity contribution in [1.29, 1.82) is 0 Å². The monoisotopic (exact) mass is 276 g/mol. The number of hydrogen-bond donors (Lipinski definition) is 1. The van der Waals surface area contributed by atoms with Gasteiger partial charge in [0, 0.05) is 12.6 Å². The number of nitrogens with zero attached hydrogens (tertiary/aromatic N) is 3. The summed E-state index contributed by atoms with van der Waals surface area (Å²) in [5.41, 5.74) is 7.43. The molecule has 0 radical (unpaired) electrons. The Morgan fingerprint density at radius 2 is 2.16 bits per heavy atom. The molecule has 5 nitrogen and oxygen atoms in total. The normalized spacial score (nSPS) is 12.4. The first-order valence-electron chi connectivity index (χ1n) is 5.91. The van der Waals surface area contributed by atoms with Crippen LogP contribution in [0.2, 0.25) is 0 Å². The molecule has 1 aromatic heterocycles. The van der Waals surface area contributed by atoms with E-state index in [9.17, 15) is 4.79 Å². The van der Waals surface area contributed by atoms with Crippen LogP contribution in [-0.4, -0.2) is 25.9 Å². The number of thioether (sulfide) groups is 1. The number of carbonyl (C=O) groups excluding carboxylic acids is 1. The lowest BCUT2D eigenvalue weighted by Gasteiger charge is -2.07. The van der Waals surface area contributed by atoms with Gasteiger partial charge in [0.05, 0.1) is 5.25 Å². The van der Waals surface area contributed by atoms with Crippen molar-refractivity contribution in [1.82, 2.24) is 14.8 Å². The number of amides is 1. The molecule has 6 heteroatoms. The Bertz CT molecular complexity index is 608. The first kappa shape index (κ1) is 13.6. The SMILES string of the molecule is Cc1cccc(-c2nnc(SC(C)C(N)=O)n2C)c1. The summed E-state index contributed by atoms with van der Waals surface area (Å²) < 4.78 is 1.87. The van der Waals surface area contributed by atoms with Gasteiger partial charge in [-0.3, -0.25) is 4.79 Å². The molecule has 2 aromatic rings. The molecule has 1 atom stereocenters. The lowest BCUT2D eigenvalue weighted by Crippen LogP contribution is -2.22. The van der Waals surface area contributed by atoms with Crippen LogP contribution in [-0.2, 0) is 11.8 Å². The van der Waals surface area contributed by atoms with Crippen LogP contribution in [0.4, 0.5) is 0 Å². The van der Waals surface area contributed by atoms with Crippen LogP contribution in [0.15, 0.2) is 29.4 Å². The van der Waals surface area contributed by atoms with Crippen LogP contribution in [0.25, 0.3) is 11.4 Å². The van der Waals surface area contributed by atoms with Crippen molar-refractivity contribution in [2.45, 2.75) is 24.3 Å². The van der Waals surface area contributed by atoms with E-state index in [0.29, 0.717) is 5.16 Å². The minimum Gasteiger partial charge on any atom is -0.369 e. The molecule has 0 aliphatic heterocycles. The molecule has 0 saturated carbocycles. The third-order valence-electron chi connectivity index (χ3n) is 2.79. The standard InChI is InChI=1S/C13H16N4OS/c1-8-5-4-6-10(7-8)12-15-16-13(17(12)3)19-9(2)11(14)18/h4-7,9H,1-3H3,(H2,14,18). The van der Waals surface area contributed by atoms with Crippen LogP contribution < -0.4 is 5.73 Å². The topological polar surface area (TPSA) is 73.8 Å². The third kappa shape index (κ3) is 2.96. The first-order chi connectivity index (χ1) is 8.99. The largest absolute Gasteiger partial charge is 0.369 e. The average molecular weight is 276 g/mol. The van der Waals surface area contributed by atoms with E-state index < -0.39 is 0 Å². The maximum atomic E-state index is 11.1. The highest BCUT2D eigenvalue weighted by Gasteiger charge is 2.17. The minimum absolute atomic E-state index is 0.326. The van der Waals surface area contributed by atoms with Crippen LogP contribution in [0.3, 0.4) is 0 Å². The molecule has 1 heterocycles. The van der Waals surface area contributed by atoms with E-state index in [2.05, 4.69) is 16.3 Å². The van der Waals surface area contributed by atoms with Crippen molar-refractivity contribution in [3.8, 4) is 11.4 Å². The van der Waals surface area contributed by atoms with E-state index in [1.54, 1.807) is 6.92 Å². The molecule has 0 saturated heterocycles. The van der Waals surface area contributed by atoms with Crippen LogP contribution in [0.5, 0.6) is 0 Å². The van der Waals surface area contributed by atoms with Gasteiger partial charge in [0.25, 0.3) is 0 Å². The Labute approximate surface area is 116 Å². The van der Waals surface area contributed by atoms with Crippen LogP contribution in [0, 0.1) is 6.92 Å². The Balaban J connectivity index is 2.30. The van der Waals surface area contributed by atoms with E-state index in [0.717, 1.165) is 11.4 Å². The number of benzene rings is 1. The minimum atomic E-state index is -0.356. The molecule has 0 aliphatic rings. The molecule has 2 rings (SSSR count). The number of primary amides is 1. The second kappa shape index (κ2) is 5.44. The molecule has 1 amide bonds. The van der Waals surface area contributed by atoms with Gasteiger partial charge in [-0.15, -0.1) is 10.2 Å². The fraction of sp³-hybridized carbons (Fsp3) is 0.308. The molecule has 2 N–H and O–H groups in total. The number of hydrogen-bond acceptors (Lipinski definition) is 4. The Hall–Kier alpha value is -1.82. The zero-order chi connectivity index (χ0) is 14.0. The molecule has 1 unspecified atom stereocenters. The molecule has 0 aliphatic carbocycles. The molecule has 100 valence electrons. The van der Waals surface area contributed by atoms with Crippen LogP contribution in [0.1, 0.15) is 12.5 Å². The summed E-state index contributed by atoms with van der Waals surface area (Å²) in [4.78, 5) is 11.1. The summed E-state index contributed by atoms with van der Waals surface area (Å²) in [5, 5.41) is 8.65. The van der Waals surface area contributed by atoms with Crippen molar-refractivity contribution in [3.05, 3.63) is 29.8 Å². The number of aryl methyl sites for hydroxylation is 1. The van der Waals surface area contributed by atoms with Gasteiger partial charge in [0.15, 0.2) is 11.0 Å². The molecule has 19 heavy (non-hydrogen) atoms. The third-order valence-corrected chi connectivity index (χ3v) is 3.95.